The molecule has 2 aliphatic rings. The van der Waals surface area contributed by atoms with Gasteiger partial charge in [-0.15, -0.1) is 0 Å². The molecule has 1 atom stereocenters. The Labute approximate surface area is 249 Å². The fourth-order valence-electron chi connectivity index (χ4n) is 5.68. The van der Waals surface area contributed by atoms with Crippen molar-refractivity contribution in [2.45, 2.75) is 77.3 Å². The highest BCUT2D eigenvalue weighted by molar-refractivity contribution is 6.76. The highest BCUT2D eigenvalue weighted by Crippen LogP contribution is 2.28. The van der Waals surface area contributed by atoms with E-state index in [1.807, 2.05) is 9.58 Å². The molecule has 228 valence electrons. The molecule has 3 N–H and O–H groups in total. The van der Waals surface area contributed by atoms with Crippen molar-refractivity contribution < 1.29 is 14.6 Å². The molecule has 11 nitrogen and oxygen atoms in total. The minimum absolute atomic E-state index is 0.120. The van der Waals surface area contributed by atoms with Gasteiger partial charge < -0.3 is 25.4 Å². The van der Waals surface area contributed by atoms with Gasteiger partial charge in [-0.1, -0.05) is 43.9 Å². The first kappa shape index (κ1) is 30.4. The topological polar surface area (TPSA) is 121 Å². The van der Waals surface area contributed by atoms with Crippen LogP contribution in [-0.4, -0.2) is 100 Å². The van der Waals surface area contributed by atoms with Gasteiger partial charge in [0, 0.05) is 66.9 Å². The lowest BCUT2D eigenvalue weighted by Gasteiger charge is -2.32. The number of benzene rings is 1. The van der Waals surface area contributed by atoms with E-state index in [9.17, 15) is 9.90 Å². The number of aromatic nitrogens is 4. The van der Waals surface area contributed by atoms with Gasteiger partial charge in [-0.2, -0.15) is 5.10 Å². The van der Waals surface area contributed by atoms with Gasteiger partial charge in [-0.3, -0.25) is 9.69 Å². The molecule has 0 saturated carbocycles. The number of nitrogens with zero attached hydrogens (tertiary/aromatic N) is 6. The summed E-state index contributed by atoms with van der Waals surface area (Å²) in [5, 5.41) is 22.7. The zero-order valence-corrected chi connectivity index (χ0v) is 26.5. The van der Waals surface area contributed by atoms with Crippen LogP contribution in [-0.2, 0) is 29.2 Å². The molecule has 1 saturated heterocycles. The van der Waals surface area contributed by atoms with Crippen LogP contribution in [0, 0.1) is 0 Å². The second-order valence-electron chi connectivity index (χ2n) is 12.8. The molecular weight excluding hydrogens is 548 g/mol. The average Bonchev–Trinajstić information content (AvgIpc) is 3.32. The van der Waals surface area contributed by atoms with E-state index in [1.165, 1.54) is 11.1 Å². The number of carbonyl (C=O) groups excluding carboxylic acids is 1. The van der Waals surface area contributed by atoms with Crippen molar-refractivity contribution in [3.05, 3.63) is 41.7 Å². The van der Waals surface area contributed by atoms with Crippen LogP contribution < -0.4 is 10.6 Å². The fourth-order valence-corrected chi connectivity index (χ4v) is 6.44. The van der Waals surface area contributed by atoms with E-state index < -0.39 is 14.2 Å². The van der Waals surface area contributed by atoms with Crippen LogP contribution >= 0.6 is 0 Å². The number of aliphatic hydroxyl groups is 1. The molecule has 3 aromatic rings. The van der Waals surface area contributed by atoms with Gasteiger partial charge >= 0.3 is 0 Å². The van der Waals surface area contributed by atoms with Crippen molar-refractivity contribution in [3.8, 4) is 0 Å². The van der Waals surface area contributed by atoms with Crippen molar-refractivity contribution in [1.29, 1.82) is 0 Å². The molecule has 0 unspecified atom stereocenters. The van der Waals surface area contributed by atoms with Gasteiger partial charge in [-0.25, -0.2) is 14.6 Å². The summed E-state index contributed by atoms with van der Waals surface area (Å²) in [5.41, 5.74) is 4.22. The minimum atomic E-state index is -1.23. The average molecular weight is 595 g/mol. The Morgan fingerprint density at radius 2 is 1.88 bits per heavy atom. The molecule has 0 aliphatic carbocycles. The summed E-state index contributed by atoms with van der Waals surface area (Å²) in [6, 6.07) is 9.81. The first-order valence-electron chi connectivity index (χ1n) is 15.2. The lowest BCUT2D eigenvalue weighted by molar-refractivity contribution is -0.129. The Morgan fingerprint density at radius 3 is 2.62 bits per heavy atom. The van der Waals surface area contributed by atoms with Crippen LogP contribution in [0.3, 0.4) is 0 Å². The van der Waals surface area contributed by atoms with Crippen LogP contribution in [0.4, 0.5) is 11.6 Å². The minimum Gasteiger partial charge on any atom is -0.390 e. The molecule has 2 aliphatic heterocycles. The number of amides is 1. The predicted octanol–water partition coefficient (Wildman–Crippen LogP) is 3.39. The number of ether oxygens (including phenoxy) is 1. The Kier molecular flexibility index (Phi) is 9.76. The van der Waals surface area contributed by atoms with Gasteiger partial charge in [0.1, 0.15) is 24.1 Å². The van der Waals surface area contributed by atoms with E-state index in [-0.39, 0.29) is 11.9 Å². The number of anilines is 2. The summed E-state index contributed by atoms with van der Waals surface area (Å²) in [7, 11) is -1.23. The number of likely N-dealkylation sites (tertiary alicyclic amines) is 1. The maximum atomic E-state index is 11.8. The molecular formula is C30H46N8O3Si. The molecule has 1 aromatic carbocycles. The quantitative estimate of drug-likeness (QED) is 0.214. The van der Waals surface area contributed by atoms with Crippen molar-refractivity contribution in [3.63, 3.8) is 0 Å². The molecule has 0 bridgehead atoms. The van der Waals surface area contributed by atoms with Crippen molar-refractivity contribution in [2.75, 3.05) is 50.0 Å². The number of β-amino-alcohol motifs (C(OH)–C–C–N with tert-alkyl or cyclic N) is 1. The van der Waals surface area contributed by atoms with Crippen LogP contribution in [0.5, 0.6) is 0 Å². The number of rotatable bonds is 12. The summed E-state index contributed by atoms with van der Waals surface area (Å²) in [4.78, 5) is 25.1. The lowest BCUT2D eigenvalue weighted by atomic mass is 10.00. The molecule has 1 amide bonds. The van der Waals surface area contributed by atoms with E-state index in [2.05, 4.69) is 69.4 Å². The van der Waals surface area contributed by atoms with Gasteiger partial charge in [0.15, 0.2) is 11.6 Å². The largest absolute Gasteiger partial charge is 0.390 e. The summed E-state index contributed by atoms with van der Waals surface area (Å²) in [5.74, 6) is 1.44. The third kappa shape index (κ3) is 7.85. The van der Waals surface area contributed by atoms with Crippen LogP contribution in [0.25, 0.3) is 11.0 Å². The molecule has 1 fully saturated rings. The van der Waals surface area contributed by atoms with Crippen molar-refractivity contribution in [2.24, 2.45) is 0 Å². The summed E-state index contributed by atoms with van der Waals surface area (Å²) >= 11 is 0. The Balaban J connectivity index is 1.27. The number of hydrogen-bond acceptors (Lipinski definition) is 9. The standard InChI is InChI=1S/C30H46N8O3Si/c1-22(39)37-13-10-25(11-14-37)34-30-28-27(32-20-33-30)29(35-38(28)21-41-15-16-42(2,3)4)31-17-26(40)19-36-12-9-23-7-5-6-8-24(23)18-36/h5-8,20,25-26,40H,9-19,21H2,1-4H3,(H,31,35)(H,32,33,34)/t26-/m0/s1. The van der Waals surface area contributed by atoms with Crippen molar-refractivity contribution in [1.82, 2.24) is 29.5 Å². The van der Waals surface area contributed by atoms with Gasteiger partial charge in [0.2, 0.25) is 5.91 Å². The molecule has 42 heavy (non-hydrogen) atoms. The number of fused-ring (bicyclic) bond motifs is 2. The number of aliphatic hydroxyl groups excluding tert-OH is 1. The normalized spacial score (nSPS) is 17.3. The molecule has 0 spiro atoms. The molecule has 5 rings (SSSR count). The second kappa shape index (κ2) is 13.5. The van der Waals surface area contributed by atoms with Crippen molar-refractivity contribution >= 4 is 36.7 Å². The highest BCUT2D eigenvalue weighted by atomic mass is 28.3. The summed E-state index contributed by atoms with van der Waals surface area (Å²) in [6.07, 6.45) is 3.70. The van der Waals surface area contributed by atoms with E-state index in [0.717, 1.165) is 57.0 Å². The Morgan fingerprint density at radius 1 is 1.12 bits per heavy atom. The van der Waals surface area contributed by atoms with E-state index in [4.69, 9.17) is 9.84 Å². The third-order valence-electron chi connectivity index (χ3n) is 8.20. The fraction of sp³-hybridized carbons (Fsp3) is 0.600. The maximum absolute atomic E-state index is 11.8. The van der Waals surface area contributed by atoms with Crippen LogP contribution in [0.1, 0.15) is 30.9 Å². The number of piperidine rings is 1. The van der Waals surface area contributed by atoms with Gasteiger partial charge in [-0.05, 0) is 36.4 Å². The zero-order valence-electron chi connectivity index (χ0n) is 25.5. The molecule has 12 heteroatoms. The van der Waals surface area contributed by atoms with Gasteiger partial charge in [0.05, 0.1) is 6.10 Å². The monoisotopic (exact) mass is 594 g/mol. The molecule has 2 aromatic heterocycles. The van der Waals surface area contributed by atoms with Crippen LogP contribution in [0.2, 0.25) is 25.7 Å². The Bertz CT molecular complexity index is 1350. The third-order valence-corrected chi connectivity index (χ3v) is 9.90. The van der Waals surface area contributed by atoms with E-state index >= 15 is 0 Å². The Hall–Kier alpha value is -3.06. The first-order valence-corrected chi connectivity index (χ1v) is 18.9. The van der Waals surface area contributed by atoms with Gasteiger partial charge in [0.25, 0.3) is 0 Å². The summed E-state index contributed by atoms with van der Waals surface area (Å²) in [6.45, 7) is 13.8. The number of hydrogen-bond donors (Lipinski definition) is 3. The maximum Gasteiger partial charge on any atom is 0.219 e. The van der Waals surface area contributed by atoms with Crippen LogP contribution in [0.15, 0.2) is 30.6 Å². The lowest BCUT2D eigenvalue weighted by Crippen LogP contribution is -2.41. The molecule has 4 heterocycles. The molecule has 0 radical (unpaired) electrons. The summed E-state index contributed by atoms with van der Waals surface area (Å²) < 4.78 is 7.90. The zero-order chi connectivity index (χ0) is 29.7. The smallest absolute Gasteiger partial charge is 0.219 e. The SMILES string of the molecule is CC(=O)N1CCC(Nc2ncnc3c(NC[C@H](O)CN4CCc5ccccc5C4)nn(COCC[Si](C)(C)C)c23)CC1. The second-order valence-corrected chi connectivity index (χ2v) is 18.5. The number of carbonyl (C=O) groups is 1. The van der Waals surface area contributed by atoms with E-state index in [0.29, 0.717) is 43.6 Å². The van der Waals surface area contributed by atoms with E-state index in [1.54, 1.807) is 13.3 Å². The first-order chi connectivity index (χ1) is 20.2. The highest BCUT2D eigenvalue weighted by Gasteiger charge is 2.25. The predicted molar refractivity (Wildman–Crippen MR) is 168 cm³/mol. The number of nitrogens with one attached hydrogen (secondary N) is 2.